The predicted molar refractivity (Wildman–Crippen MR) is 54.2 cm³/mol. The number of hydrogen-bond acceptors (Lipinski definition) is 2. The fraction of sp³-hybridized carbons (Fsp3) is 0.818. The van der Waals surface area contributed by atoms with Crippen LogP contribution in [-0.2, 0) is 9.59 Å². The van der Waals surface area contributed by atoms with E-state index in [-0.39, 0.29) is 17.2 Å². The summed E-state index contributed by atoms with van der Waals surface area (Å²) in [6.07, 6.45) is 4.81. The van der Waals surface area contributed by atoms with Gasteiger partial charge in [0, 0.05) is 12.3 Å². The van der Waals surface area contributed by atoms with Gasteiger partial charge in [0.1, 0.15) is 6.04 Å². The summed E-state index contributed by atoms with van der Waals surface area (Å²) in [5.41, 5.74) is 0.0439. The van der Waals surface area contributed by atoms with Crippen molar-refractivity contribution in [1.29, 1.82) is 0 Å². The maximum atomic E-state index is 11.3. The summed E-state index contributed by atoms with van der Waals surface area (Å²) in [5.74, 6) is -1.02. The molecule has 0 aromatic heterocycles. The number of hydrogen-bond donors (Lipinski definition) is 2. The first-order valence-electron chi connectivity index (χ1n) is 5.55. The van der Waals surface area contributed by atoms with Crippen molar-refractivity contribution in [1.82, 2.24) is 5.32 Å². The summed E-state index contributed by atoms with van der Waals surface area (Å²) in [5, 5.41) is 11.6. The third kappa shape index (κ3) is 1.73. The maximum Gasteiger partial charge on any atom is 0.326 e. The molecule has 2 fully saturated rings. The van der Waals surface area contributed by atoms with Crippen molar-refractivity contribution in [2.45, 2.75) is 45.1 Å². The fourth-order valence-electron chi connectivity index (χ4n) is 3.09. The van der Waals surface area contributed by atoms with Gasteiger partial charge in [0.15, 0.2) is 0 Å². The lowest BCUT2D eigenvalue weighted by molar-refractivity contribution is -0.141. The normalized spacial score (nSPS) is 34.1. The van der Waals surface area contributed by atoms with E-state index in [1.54, 1.807) is 0 Å². The van der Waals surface area contributed by atoms with Gasteiger partial charge in [-0.1, -0.05) is 19.8 Å². The second-order valence-corrected chi connectivity index (χ2v) is 5.06. The van der Waals surface area contributed by atoms with Crippen LogP contribution < -0.4 is 5.32 Å². The van der Waals surface area contributed by atoms with Crippen molar-refractivity contribution < 1.29 is 14.7 Å². The topological polar surface area (TPSA) is 66.4 Å². The Morgan fingerprint density at radius 3 is 2.60 bits per heavy atom. The molecule has 84 valence electrons. The van der Waals surface area contributed by atoms with Crippen LogP contribution in [0, 0.1) is 11.3 Å². The summed E-state index contributed by atoms with van der Waals surface area (Å²) < 4.78 is 0. The number of carboxylic acid groups (broad SMARTS) is 1. The lowest BCUT2D eigenvalue weighted by Gasteiger charge is -2.32. The zero-order valence-electron chi connectivity index (χ0n) is 8.95. The average molecular weight is 211 g/mol. The lowest BCUT2D eigenvalue weighted by atomic mass is 9.72. The van der Waals surface area contributed by atoms with E-state index in [1.807, 2.05) is 0 Å². The molecule has 0 aromatic carbocycles. The molecule has 15 heavy (non-hydrogen) atoms. The van der Waals surface area contributed by atoms with Crippen LogP contribution in [0.25, 0.3) is 0 Å². The average Bonchev–Trinajstić information content (AvgIpc) is 2.72. The number of carboxylic acids is 1. The minimum absolute atomic E-state index is 0.0231. The monoisotopic (exact) mass is 211 g/mol. The molecule has 2 N–H and O–H groups in total. The van der Waals surface area contributed by atoms with Crippen molar-refractivity contribution in [3.05, 3.63) is 0 Å². The molecule has 1 aliphatic carbocycles. The maximum absolute atomic E-state index is 11.3. The number of rotatable bonds is 2. The van der Waals surface area contributed by atoms with Gasteiger partial charge in [0.2, 0.25) is 5.91 Å². The molecular formula is C11H17NO3. The summed E-state index contributed by atoms with van der Waals surface area (Å²) in [6, 6.07) is -0.666. The van der Waals surface area contributed by atoms with E-state index in [9.17, 15) is 9.59 Å². The Balaban J connectivity index is 2.19. The molecule has 1 amide bonds. The number of aliphatic carboxylic acids is 1. The van der Waals surface area contributed by atoms with Gasteiger partial charge in [0.25, 0.3) is 0 Å². The smallest absolute Gasteiger partial charge is 0.326 e. The molecule has 4 nitrogen and oxygen atoms in total. The summed E-state index contributed by atoms with van der Waals surface area (Å²) in [4.78, 5) is 22.3. The molecule has 2 atom stereocenters. The molecule has 1 heterocycles. The van der Waals surface area contributed by atoms with Crippen LogP contribution in [0.1, 0.15) is 39.0 Å². The molecule has 4 heteroatoms. The minimum atomic E-state index is -0.890. The number of nitrogens with one attached hydrogen (secondary N) is 1. The highest BCUT2D eigenvalue weighted by Crippen LogP contribution is 2.48. The zero-order valence-corrected chi connectivity index (χ0v) is 8.95. The Morgan fingerprint density at radius 1 is 1.47 bits per heavy atom. The lowest BCUT2D eigenvalue weighted by Crippen LogP contribution is -2.42. The number of carbonyl (C=O) groups excluding carboxylic acids is 1. The standard InChI is InChI=1S/C11H17NO3/c1-11(4-2-3-5-11)7-6-8(13)12-9(7)10(14)15/h7,9H,2-6H2,1H3,(H,12,13)(H,14,15). The van der Waals surface area contributed by atoms with Crippen LogP contribution in [0.5, 0.6) is 0 Å². The molecule has 0 aromatic rings. The molecule has 1 saturated carbocycles. The predicted octanol–water partition coefficient (Wildman–Crippen LogP) is 1.16. The second kappa shape index (κ2) is 3.51. The van der Waals surface area contributed by atoms with E-state index in [2.05, 4.69) is 12.2 Å². The van der Waals surface area contributed by atoms with E-state index in [4.69, 9.17) is 5.11 Å². The summed E-state index contributed by atoms with van der Waals surface area (Å²) in [7, 11) is 0. The first-order chi connectivity index (χ1) is 7.03. The van der Waals surface area contributed by atoms with Crippen molar-refractivity contribution in [2.24, 2.45) is 11.3 Å². The molecular weight excluding hydrogens is 194 g/mol. The quantitative estimate of drug-likeness (QED) is 0.720. The fourth-order valence-corrected chi connectivity index (χ4v) is 3.09. The van der Waals surface area contributed by atoms with E-state index < -0.39 is 12.0 Å². The Morgan fingerprint density at radius 2 is 2.07 bits per heavy atom. The first-order valence-corrected chi connectivity index (χ1v) is 5.55. The number of amides is 1. The Bertz CT molecular complexity index is 294. The van der Waals surface area contributed by atoms with Crippen LogP contribution in [0.3, 0.4) is 0 Å². The SMILES string of the molecule is CC1(C2CC(=O)NC2C(=O)O)CCCC1. The van der Waals surface area contributed by atoms with Crippen LogP contribution in [0.4, 0.5) is 0 Å². The van der Waals surface area contributed by atoms with E-state index in [1.165, 1.54) is 0 Å². The van der Waals surface area contributed by atoms with Gasteiger partial charge >= 0.3 is 5.97 Å². The van der Waals surface area contributed by atoms with Crippen LogP contribution in [-0.4, -0.2) is 23.0 Å². The number of carbonyl (C=O) groups is 2. The molecule has 1 saturated heterocycles. The van der Waals surface area contributed by atoms with E-state index >= 15 is 0 Å². The third-order valence-electron chi connectivity index (χ3n) is 4.03. The molecule has 2 aliphatic rings. The highest BCUT2D eigenvalue weighted by molar-refractivity contribution is 5.88. The minimum Gasteiger partial charge on any atom is -0.480 e. The molecule has 0 bridgehead atoms. The van der Waals surface area contributed by atoms with Gasteiger partial charge in [-0.3, -0.25) is 4.79 Å². The first kappa shape index (κ1) is 10.5. The third-order valence-corrected chi connectivity index (χ3v) is 4.03. The van der Waals surface area contributed by atoms with Gasteiger partial charge in [-0.25, -0.2) is 4.79 Å². The van der Waals surface area contributed by atoms with Gasteiger partial charge in [0.05, 0.1) is 0 Å². The van der Waals surface area contributed by atoms with Crippen molar-refractivity contribution in [3.63, 3.8) is 0 Å². The van der Waals surface area contributed by atoms with Gasteiger partial charge in [-0.2, -0.15) is 0 Å². The van der Waals surface area contributed by atoms with Crippen LogP contribution in [0.15, 0.2) is 0 Å². The second-order valence-electron chi connectivity index (χ2n) is 5.06. The molecule has 1 aliphatic heterocycles. The van der Waals surface area contributed by atoms with Gasteiger partial charge in [-0.05, 0) is 18.3 Å². The van der Waals surface area contributed by atoms with Crippen molar-refractivity contribution in [2.75, 3.05) is 0 Å². The van der Waals surface area contributed by atoms with Gasteiger partial charge < -0.3 is 10.4 Å². The summed E-state index contributed by atoms with van der Waals surface area (Å²) >= 11 is 0. The van der Waals surface area contributed by atoms with E-state index in [0.717, 1.165) is 25.7 Å². The Labute approximate surface area is 89.0 Å². The highest BCUT2D eigenvalue weighted by atomic mass is 16.4. The van der Waals surface area contributed by atoms with Crippen LogP contribution >= 0.6 is 0 Å². The molecule has 2 unspecified atom stereocenters. The Hall–Kier alpha value is -1.06. The zero-order chi connectivity index (χ0) is 11.1. The Kier molecular flexibility index (Phi) is 2.44. The van der Waals surface area contributed by atoms with Gasteiger partial charge in [-0.15, -0.1) is 0 Å². The van der Waals surface area contributed by atoms with E-state index in [0.29, 0.717) is 6.42 Å². The summed E-state index contributed by atoms with van der Waals surface area (Å²) in [6.45, 7) is 2.13. The molecule has 0 spiro atoms. The highest BCUT2D eigenvalue weighted by Gasteiger charge is 2.48. The van der Waals surface area contributed by atoms with Crippen LogP contribution in [0.2, 0.25) is 0 Å². The molecule has 2 rings (SSSR count). The molecule has 0 radical (unpaired) electrons. The largest absolute Gasteiger partial charge is 0.480 e. The van der Waals surface area contributed by atoms with Crippen molar-refractivity contribution >= 4 is 11.9 Å². The van der Waals surface area contributed by atoms with Crippen molar-refractivity contribution in [3.8, 4) is 0 Å².